The Morgan fingerprint density at radius 2 is 1.93 bits per heavy atom. The summed E-state index contributed by atoms with van der Waals surface area (Å²) in [5, 5.41) is 14.1. The molecule has 0 aliphatic heterocycles. The van der Waals surface area contributed by atoms with Crippen molar-refractivity contribution >= 4 is 23.4 Å². The average Bonchev–Trinajstić information content (AvgIpc) is 3.44. The molecule has 2 aromatic heterocycles. The van der Waals surface area contributed by atoms with Crippen molar-refractivity contribution in [2.45, 2.75) is 84.6 Å². The predicted octanol–water partition coefficient (Wildman–Crippen LogP) is 4.51. The topological polar surface area (TPSA) is 95.6 Å². The number of anilines is 3. The summed E-state index contributed by atoms with van der Waals surface area (Å²) in [4.78, 5) is 20.8. The molecule has 3 N–H and O–H groups in total. The number of aromatic amines is 1. The number of nitrogens with one attached hydrogen (secondary N) is 3. The third kappa shape index (κ3) is 4.51. The van der Waals surface area contributed by atoms with Gasteiger partial charge in [0.25, 0.3) is 0 Å². The van der Waals surface area contributed by atoms with E-state index < -0.39 is 0 Å². The highest BCUT2D eigenvalue weighted by Gasteiger charge is 2.22. The summed E-state index contributed by atoms with van der Waals surface area (Å²) in [5.41, 5.74) is 3.43. The Labute approximate surface area is 167 Å². The molecule has 2 aromatic rings. The minimum Gasteiger partial charge on any atom is -0.345 e. The third-order valence-corrected chi connectivity index (χ3v) is 5.53. The quantitative estimate of drug-likeness (QED) is 0.678. The number of hydrogen-bond acceptors (Lipinski definition) is 6. The first-order valence-corrected chi connectivity index (χ1v) is 10.6. The summed E-state index contributed by atoms with van der Waals surface area (Å²) in [5.74, 6) is 2.77. The van der Waals surface area contributed by atoms with E-state index in [1.807, 2.05) is 20.8 Å². The standard InChI is InChI=1S/C19H26N6O.C2H6/c1-11(12(2)26)20-19-21-15-9-5-8-14(15)18(23-19)22-17-10-16(24-25-17)13-6-3-4-7-13;1-2/h10-11,13H,3-9H2,1-2H3,(H3,20,21,22,23,24,25);1-2H3. The van der Waals surface area contributed by atoms with E-state index in [1.54, 1.807) is 6.92 Å². The van der Waals surface area contributed by atoms with Crippen LogP contribution in [0.25, 0.3) is 0 Å². The van der Waals surface area contributed by atoms with Gasteiger partial charge in [-0.3, -0.25) is 9.89 Å². The molecule has 1 saturated carbocycles. The Balaban J connectivity index is 0.00000109. The van der Waals surface area contributed by atoms with Gasteiger partial charge in [-0.25, -0.2) is 4.98 Å². The molecule has 7 nitrogen and oxygen atoms in total. The van der Waals surface area contributed by atoms with Gasteiger partial charge in [0, 0.05) is 23.2 Å². The molecule has 1 atom stereocenters. The maximum Gasteiger partial charge on any atom is 0.225 e. The van der Waals surface area contributed by atoms with Crippen LogP contribution in [0.2, 0.25) is 0 Å². The van der Waals surface area contributed by atoms with E-state index in [1.165, 1.54) is 31.4 Å². The molecule has 2 aliphatic rings. The number of carbonyl (C=O) groups is 1. The van der Waals surface area contributed by atoms with Crippen molar-refractivity contribution in [2.24, 2.45) is 0 Å². The first-order chi connectivity index (χ1) is 13.6. The smallest absolute Gasteiger partial charge is 0.225 e. The number of rotatable bonds is 6. The molecular formula is C21H32N6O. The molecule has 2 aliphatic carbocycles. The van der Waals surface area contributed by atoms with Gasteiger partial charge in [0.1, 0.15) is 5.82 Å². The summed E-state index contributed by atoms with van der Waals surface area (Å²) >= 11 is 0. The zero-order valence-corrected chi connectivity index (χ0v) is 17.4. The van der Waals surface area contributed by atoms with Gasteiger partial charge in [-0.1, -0.05) is 26.7 Å². The van der Waals surface area contributed by atoms with Crippen LogP contribution in [0.15, 0.2) is 6.07 Å². The van der Waals surface area contributed by atoms with Gasteiger partial charge in [0.15, 0.2) is 11.6 Å². The van der Waals surface area contributed by atoms with Gasteiger partial charge in [-0.2, -0.15) is 10.1 Å². The normalized spacial score (nSPS) is 16.9. The van der Waals surface area contributed by atoms with Gasteiger partial charge in [-0.15, -0.1) is 0 Å². The Hall–Kier alpha value is -2.44. The average molecular weight is 385 g/mol. The highest BCUT2D eigenvalue weighted by molar-refractivity contribution is 5.83. The van der Waals surface area contributed by atoms with E-state index in [2.05, 4.69) is 36.9 Å². The molecule has 0 saturated heterocycles. The SMILES string of the molecule is CC.CC(=O)C(C)Nc1nc2c(c(Nc3cc(C4CCCC4)[nH]n3)n1)CCC2. The molecule has 4 rings (SSSR count). The number of hydrogen-bond donors (Lipinski definition) is 3. The Morgan fingerprint density at radius 3 is 2.64 bits per heavy atom. The minimum absolute atomic E-state index is 0.0668. The largest absolute Gasteiger partial charge is 0.345 e. The fourth-order valence-electron chi connectivity index (χ4n) is 3.86. The van der Waals surface area contributed by atoms with Crippen LogP contribution >= 0.6 is 0 Å². The van der Waals surface area contributed by atoms with Crippen molar-refractivity contribution in [2.75, 3.05) is 10.6 Å². The second-order valence-corrected chi connectivity index (χ2v) is 7.47. The van der Waals surface area contributed by atoms with Gasteiger partial charge in [-0.05, 0) is 46.0 Å². The van der Waals surface area contributed by atoms with Crippen molar-refractivity contribution in [1.29, 1.82) is 0 Å². The highest BCUT2D eigenvalue weighted by Crippen LogP contribution is 2.35. The molecule has 0 spiro atoms. The molecule has 7 heteroatoms. The zero-order chi connectivity index (χ0) is 20.1. The van der Waals surface area contributed by atoms with Crippen LogP contribution in [-0.2, 0) is 17.6 Å². The number of ketones is 1. The van der Waals surface area contributed by atoms with E-state index in [9.17, 15) is 4.79 Å². The van der Waals surface area contributed by atoms with Crippen molar-refractivity contribution in [3.63, 3.8) is 0 Å². The lowest BCUT2D eigenvalue weighted by molar-refractivity contribution is -0.117. The number of nitrogens with zero attached hydrogens (tertiary/aromatic N) is 3. The maximum absolute atomic E-state index is 11.5. The van der Waals surface area contributed by atoms with Crippen molar-refractivity contribution < 1.29 is 4.79 Å². The predicted molar refractivity (Wildman–Crippen MR) is 112 cm³/mol. The van der Waals surface area contributed by atoms with E-state index in [0.29, 0.717) is 11.9 Å². The van der Waals surface area contributed by atoms with E-state index in [-0.39, 0.29) is 11.8 Å². The van der Waals surface area contributed by atoms with Crippen LogP contribution in [0.3, 0.4) is 0 Å². The Kier molecular flexibility index (Phi) is 6.65. The molecule has 1 unspecified atom stereocenters. The van der Waals surface area contributed by atoms with Crippen LogP contribution in [0.1, 0.15) is 82.7 Å². The molecular weight excluding hydrogens is 352 g/mol. The van der Waals surface area contributed by atoms with Crippen LogP contribution in [-0.4, -0.2) is 32.0 Å². The molecule has 0 aromatic carbocycles. The van der Waals surface area contributed by atoms with Gasteiger partial charge in [0.05, 0.1) is 11.7 Å². The van der Waals surface area contributed by atoms with Crippen molar-refractivity contribution in [1.82, 2.24) is 20.2 Å². The monoisotopic (exact) mass is 384 g/mol. The third-order valence-electron chi connectivity index (χ3n) is 5.53. The second-order valence-electron chi connectivity index (χ2n) is 7.47. The Bertz CT molecular complexity index is 809. The number of H-pyrrole nitrogens is 1. The number of aromatic nitrogens is 4. The first kappa shape index (κ1) is 20.3. The molecule has 0 bridgehead atoms. The zero-order valence-electron chi connectivity index (χ0n) is 17.4. The lowest BCUT2D eigenvalue weighted by Crippen LogP contribution is -2.25. The molecule has 2 heterocycles. The highest BCUT2D eigenvalue weighted by atomic mass is 16.1. The summed E-state index contributed by atoms with van der Waals surface area (Å²) < 4.78 is 0. The van der Waals surface area contributed by atoms with Gasteiger partial charge in [0.2, 0.25) is 5.95 Å². The van der Waals surface area contributed by atoms with E-state index in [0.717, 1.165) is 42.2 Å². The molecule has 28 heavy (non-hydrogen) atoms. The lowest BCUT2D eigenvalue weighted by Gasteiger charge is -2.14. The molecule has 0 radical (unpaired) electrons. The van der Waals surface area contributed by atoms with Crippen molar-refractivity contribution in [3.05, 3.63) is 23.0 Å². The summed E-state index contributed by atoms with van der Waals surface area (Å²) in [6, 6.07) is 1.80. The number of aryl methyl sites for hydroxylation is 1. The van der Waals surface area contributed by atoms with Gasteiger partial charge >= 0.3 is 0 Å². The number of fused-ring (bicyclic) bond motifs is 1. The first-order valence-electron chi connectivity index (χ1n) is 10.6. The molecule has 1 fully saturated rings. The summed E-state index contributed by atoms with van der Waals surface area (Å²) in [6.45, 7) is 7.39. The maximum atomic E-state index is 11.5. The summed E-state index contributed by atoms with van der Waals surface area (Å²) in [7, 11) is 0. The van der Waals surface area contributed by atoms with Crippen LogP contribution in [0.5, 0.6) is 0 Å². The van der Waals surface area contributed by atoms with E-state index >= 15 is 0 Å². The molecule has 152 valence electrons. The fraction of sp³-hybridized carbons (Fsp3) is 0.619. The number of carbonyl (C=O) groups excluding carboxylic acids is 1. The Morgan fingerprint density at radius 1 is 1.18 bits per heavy atom. The fourth-order valence-corrected chi connectivity index (χ4v) is 3.86. The second kappa shape index (κ2) is 9.17. The van der Waals surface area contributed by atoms with Crippen molar-refractivity contribution in [3.8, 4) is 0 Å². The van der Waals surface area contributed by atoms with Gasteiger partial charge < -0.3 is 10.6 Å². The molecule has 0 amide bonds. The van der Waals surface area contributed by atoms with Crippen LogP contribution in [0.4, 0.5) is 17.6 Å². The summed E-state index contributed by atoms with van der Waals surface area (Å²) in [6.07, 6.45) is 8.08. The van der Waals surface area contributed by atoms with E-state index in [4.69, 9.17) is 0 Å². The minimum atomic E-state index is -0.304. The van der Waals surface area contributed by atoms with Crippen LogP contribution in [0, 0.1) is 0 Å². The number of Topliss-reactive ketones (excluding diaryl/α,β-unsaturated/α-hetero) is 1. The van der Waals surface area contributed by atoms with Crippen LogP contribution < -0.4 is 10.6 Å². The lowest BCUT2D eigenvalue weighted by atomic mass is 10.0.